The van der Waals surface area contributed by atoms with Crippen molar-refractivity contribution in [3.8, 4) is 11.4 Å². The van der Waals surface area contributed by atoms with Gasteiger partial charge in [-0.1, -0.05) is 18.2 Å². The summed E-state index contributed by atoms with van der Waals surface area (Å²) < 4.78 is 3.71. The fourth-order valence-corrected chi connectivity index (χ4v) is 4.23. The van der Waals surface area contributed by atoms with Gasteiger partial charge in [0.2, 0.25) is 5.91 Å². The third kappa shape index (κ3) is 2.76. The topological polar surface area (TPSA) is 60.1 Å². The number of rotatable bonds is 4. The highest BCUT2D eigenvalue weighted by atomic mass is 16.2. The minimum absolute atomic E-state index is 0.0525. The molecule has 6 heteroatoms. The van der Waals surface area contributed by atoms with Crippen LogP contribution in [0.1, 0.15) is 19.3 Å². The van der Waals surface area contributed by atoms with E-state index in [1.165, 1.54) is 0 Å². The number of amides is 1. The summed E-state index contributed by atoms with van der Waals surface area (Å²) in [6, 6.07) is 10.3. The van der Waals surface area contributed by atoms with Gasteiger partial charge >= 0.3 is 0 Å². The number of aromatic nitrogens is 3. The van der Waals surface area contributed by atoms with Crippen LogP contribution in [0.5, 0.6) is 0 Å². The van der Waals surface area contributed by atoms with Crippen molar-refractivity contribution in [3.63, 3.8) is 0 Å². The first kappa shape index (κ1) is 16.3. The first-order valence-corrected chi connectivity index (χ1v) is 9.51. The molecule has 1 atom stereocenters. The third-order valence-corrected chi connectivity index (χ3v) is 5.77. The van der Waals surface area contributed by atoms with E-state index in [2.05, 4.69) is 4.98 Å². The largest absolute Gasteiger partial charge is 0.339 e. The van der Waals surface area contributed by atoms with Crippen LogP contribution in [0, 0.1) is 5.92 Å². The molecular weight excluding hydrogens is 340 g/mol. The van der Waals surface area contributed by atoms with Crippen LogP contribution in [-0.4, -0.2) is 37.5 Å². The maximum Gasteiger partial charge on any atom is 0.261 e. The Morgan fingerprint density at radius 1 is 1.19 bits per heavy atom. The quantitative estimate of drug-likeness (QED) is 0.716. The van der Waals surface area contributed by atoms with Gasteiger partial charge in [-0.3, -0.25) is 9.59 Å². The molecule has 0 radical (unpaired) electrons. The monoisotopic (exact) mass is 362 g/mol. The van der Waals surface area contributed by atoms with Gasteiger partial charge < -0.3 is 14.0 Å². The van der Waals surface area contributed by atoms with E-state index in [1.54, 1.807) is 17.8 Å². The van der Waals surface area contributed by atoms with Crippen LogP contribution in [0.25, 0.3) is 22.3 Å². The average Bonchev–Trinajstić information content (AvgIpc) is 3.30. The lowest BCUT2D eigenvalue weighted by Gasteiger charge is -2.16. The molecule has 27 heavy (non-hydrogen) atoms. The van der Waals surface area contributed by atoms with Gasteiger partial charge in [0.15, 0.2) is 0 Å². The minimum atomic E-state index is -0.0525. The molecule has 6 nitrogen and oxygen atoms in total. The summed E-state index contributed by atoms with van der Waals surface area (Å²) in [5.41, 5.74) is 1.46. The Morgan fingerprint density at radius 3 is 2.81 bits per heavy atom. The molecule has 1 amide bonds. The molecule has 3 aromatic rings. The number of para-hydroxylation sites is 1. The van der Waals surface area contributed by atoms with Crippen LogP contribution in [0.4, 0.5) is 0 Å². The fourth-order valence-electron chi connectivity index (χ4n) is 4.23. The van der Waals surface area contributed by atoms with Gasteiger partial charge in [-0.15, -0.1) is 0 Å². The molecule has 138 valence electrons. The Bertz CT molecular complexity index is 1090. The van der Waals surface area contributed by atoms with Crippen molar-refractivity contribution in [2.75, 3.05) is 6.54 Å². The molecule has 2 fully saturated rings. The van der Waals surface area contributed by atoms with Crippen molar-refractivity contribution < 1.29 is 4.79 Å². The fraction of sp³-hybridized carbons (Fsp3) is 0.381. The van der Waals surface area contributed by atoms with E-state index in [0.717, 1.165) is 30.3 Å². The second-order valence-electron chi connectivity index (χ2n) is 7.73. The van der Waals surface area contributed by atoms with Gasteiger partial charge in [0.1, 0.15) is 5.82 Å². The average molecular weight is 362 g/mol. The highest BCUT2D eigenvalue weighted by Gasteiger charge is 2.39. The Kier molecular flexibility index (Phi) is 3.67. The molecule has 1 saturated carbocycles. The number of aryl methyl sites for hydroxylation is 1. The van der Waals surface area contributed by atoms with Gasteiger partial charge in [0.25, 0.3) is 5.56 Å². The smallest absolute Gasteiger partial charge is 0.261 e. The maximum absolute atomic E-state index is 12.9. The molecule has 1 unspecified atom stereocenters. The zero-order valence-corrected chi connectivity index (χ0v) is 15.3. The normalized spacial score (nSPS) is 20.0. The van der Waals surface area contributed by atoms with Gasteiger partial charge in [-0.25, -0.2) is 4.98 Å². The second-order valence-corrected chi connectivity index (χ2v) is 7.73. The predicted molar refractivity (Wildman–Crippen MR) is 103 cm³/mol. The number of pyridine rings is 1. The first-order chi connectivity index (χ1) is 13.1. The number of benzene rings is 1. The standard InChI is InChI=1S/C21H22N4O2/c1-23-18-5-3-2-4-15(18)11-17(21(23)27)20-22-8-9-24(20)12-14-10-19(26)25(13-14)16-6-7-16/h2-5,8-9,11,14,16H,6-7,10,12-13H2,1H3. The van der Waals surface area contributed by atoms with Crippen LogP contribution in [-0.2, 0) is 18.4 Å². The number of carbonyl (C=O) groups is 1. The lowest BCUT2D eigenvalue weighted by molar-refractivity contribution is -0.128. The van der Waals surface area contributed by atoms with Crippen molar-refractivity contribution in [3.05, 3.63) is 53.1 Å². The first-order valence-electron chi connectivity index (χ1n) is 9.51. The summed E-state index contributed by atoms with van der Waals surface area (Å²) in [6.07, 6.45) is 6.52. The summed E-state index contributed by atoms with van der Waals surface area (Å²) in [5, 5.41) is 1.01. The molecule has 1 saturated heterocycles. The summed E-state index contributed by atoms with van der Waals surface area (Å²) >= 11 is 0. The molecule has 1 aromatic carbocycles. The van der Waals surface area contributed by atoms with Crippen molar-refractivity contribution in [2.45, 2.75) is 31.8 Å². The summed E-state index contributed by atoms with van der Waals surface area (Å²) in [7, 11) is 1.80. The lowest BCUT2D eigenvalue weighted by atomic mass is 10.1. The molecule has 1 aliphatic heterocycles. The Hall–Kier alpha value is -2.89. The van der Waals surface area contributed by atoms with Gasteiger partial charge in [-0.05, 0) is 30.4 Å². The van der Waals surface area contributed by atoms with Crippen LogP contribution < -0.4 is 5.56 Å². The highest BCUT2D eigenvalue weighted by molar-refractivity contribution is 5.83. The molecule has 0 N–H and O–H groups in total. The number of nitrogens with zero attached hydrogens (tertiary/aromatic N) is 4. The number of imidazole rings is 1. The number of carbonyl (C=O) groups excluding carboxylic acids is 1. The zero-order chi connectivity index (χ0) is 18.5. The van der Waals surface area contributed by atoms with E-state index >= 15 is 0 Å². The summed E-state index contributed by atoms with van der Waals surface area (Å²) in [5.74, 6) is 1.22. The van der Waals surface area contributed by atoms with Crippen molar-refractivity contribution in [2.24, 2.45) is 13.0 Å². The third-order valence-electron chi connectivity index (χ3n) is 5.77. The van der Waals surface area contributed by atoms with Crippen molar-refractivity contribution >= 4 is 16.8 Å². The van der Waals surface area contributed by atoms with E-state index < -0.39 is 0 Å². The van der Waals surface area contributed by atoms with Crippen LogP contribution in [0.15, 0.2) is 47.5 Å². The molecule has 3 heterocycles. The molecule has 0 bridgehead atoms. The van der Waals surface area contributed by atoms with E-state index in [-0.39, 0.29) is 17.4 Å². The highest BCUT2D eigenvalue weighted by Crippen LogP contribution is 2.33. The lowest BCUT2D eigenvalue weighted by Crippen LogP contribution is -2.27. The molecule has 2 aliphatic rings. The number of hydrogen-bond donors (Lipinski definition) is 0. The molecule has 0 spiro atoms. The number of hydrogen-bond acceptors (Lipinski definition) is 3. The van der Waals surface area contributed by atoms with Crippen LogP contribution in [0.3, 0.4) is 0 Å². The minimum Gasteiger partial charge on any atom is -0.339 e. The van der Waals surface area contributed by atoms with Crippen LogP contribution in [0.2, 0.25) is 0 Å². The van der Waals surface area contributed by atoms with E-state index in [9.17, 15) is 9.59 Å². The van der Waals surface area contributed by atoms with E-state index in [4.69, 9.17) is 0 Å². The Labute approximate surface area is 157 Å². The van der Waals surface area contributed by atoms with E-state index in [1.807, 2.05) is 46.0 Å². The SMILES string of the molecule is Cn1c(=O)c(-c2nccn2CC2CC(=O)N(C3CC3)C2)cc2ccccc21. The van der Waals surface area contributed by atoms with Crippen LogP contribution >= 0.6 is 0 Å². The Morgan fingerprint density at radius 2 is 2.00 bits per heavy atom. The molecule has 1 aliphatic carbocycles. The molecule has 2 aromatic heterocycles. The van der Waals surface area contributed by atoms with Gasteiger partial charge in [0, 0.05) is 50.9 Å². The number of fused-ring (bicyclic) bond motifs is 1. The summed E-state index contributed by atoms with van der Waals surface area (Å²) in [6.45, 7) is 1.52. The number of likely N-dealkylation sites (tertiary alicyclic amines) is 1. The van der Waals surface area contributed by atoms with Gasteiger partial charge in [-0.2, -0.15) is 0 Å². The molecular formula is C21H22N4O2. The summed E-state index contributed by atoms with van der Waals surface area (Å²) in [4.78, 5) is 31.7. The van der Waals surface area contributed by atoms with E-state index in [0.29, 0.717) is 30.4 Å². The second kappa shape index (κ2) is 6.08. The zero-order valence-electron chi connectivity index (χ0n) is 15.3. The predicted octanol–water partition coefficient (Wildman–Crippen LogP) is 2.41. The Balaban J connectivity index is 1.49. The maximum atomic E-state index is 12.9. The molecule has 5 rings (SSSR count). The van der Waals surface area contributed by atoms with Crippen molar-refractivity contribution in [1.29, 1.82) is 0 Å². The van der Waals surface area contributed by atoms with Crippen molar-refractivity contribution in [1.82, 2.24) is 19.0 Å². The van der Waals surface area contributed by atoms with Gasteiger partial charge in [0.05, 0.1) is 11.1 Å².